The van der Waals surface area contributed by atoms with Crippen LogP contribution >= 0.6 is 0 Å². The number of likely N-dealkylation sites (tertiary alicyclic amines) is 2. The molecule has 5 nitrogen and oxygen atoms in total. The zero-order chi connectivity index (χ0) is 18.0. The summed E-state index contributed by atoms with van der Waals surface area (Å²) in [6.07, 6.45) is 2.82. The van der Waals surface area contributed by atoms with E-state index in [9.17, 15) is 18.4 Å². The summed E-state index contributed by atoms with van der Waals surface area (Å²) in [4.78, 5) is 28.0. The van der Waals surface area contributed by atoms with Gasteiger partial charge in [0.15, 0.2) is 11.6 Å². The molecule has 2 fully saturated rings. The molecule has 2 aliphatic heterocycles. The predicted octanol–water partition coefficient (Wildman–Crippen LogP) is 1.80. The third kappa shape index (κ3) is 3.66. The number of piperidine rings is 2. The van der Waals surface area contributed by atoms with Crippen LogP contribution < -0.4 is 0 Å². The summed E-state index contributed by atoms with van der Waals surface area (Å²) in [7, 11) is 0. The maximum Gasteiger partial charge on any atom is 0.253 e. The van der Waals surface area contributed by atoms with Crippen molar-refractivity contribution in [1.82, 2.24) is 9.80 Å². The molecule has 2 amide bonds. The lowest BCUT2D eigenvalue weighted by atomic mass is 9.73. The maximum absolute atomic E-state index is 13.4. The molecule has 1 aromatic carbocycles. The normalized spacial score (nSPS) is 24.0. The molecule has 2 heterocycles. The van der Waals surface area contributed by atoms with E-state index in [0.717, 1.165) is 25.0 Å². The number of β-amino-alcohol motifs (C(OH)–C–C–N with tert-alkyl or cyclic N) is 1. The fraction of sp³-hybridized carbons (Fsp3) is 0.556. The quantitative estimate of drug-likeness (QED) is 0.902. The topological polar surface area (TPSA) is 60.9 Å². The zero-order valence-corrected chi connectivity index (χ0v) is 14.0. The zero-order valence-electron chi connectivity index (χ0n) is 14.0. The first-order chi connectivity index (χ1) is 11.9. The van der Waals surface area contributed by atoms with E-state index in [1.807, 2.05) is 0 Å². The summed E-state index contributed by atoms with van der Waals surface area (Å²) in [5.74, 6) is -2.29. The van der Waals surface area contributed by atoms with E-state index in [-0.39, 0.29) is 29.4 Å². The van der Waals surface area contributed by atoms with Gasteiger partial charge in [0.1, 0.15) is 0 Å². The van der Waals surface area contributed by atoms with Crippen LogP contribution in [0, 0.1) is 17.0 Å². The molecule has 136 valence electrons. The van der Waals surface area contributed by atoms with Gasteiger partial charge in [0.25, 0.3) is 5.91 Å². The van der Waals surface area contributed by atoms with Crippen LogP contribution in [0.15, 0.2) is 18.2 Å². The van der Waals surface area contributed by atoms with Gasteiger partial charge in [-0.25, -0.2) is 8.78 Å². The first-order valence-corrected chi connectivity index (χ1v) is 8.57. The minimum absolute atomic E-state index is 0.0312. The van der Waals surface area contributed by atoms with Crippen LogP contribution in [0.25, 0.3) is 0 Å². The van der Waals surface area contributed by atoms with Crippen LogP contribution in [0.4, 0.5) is 8.78 Å². The van der Waals surface area contributed by atoms with Crippen molar-refractivity contribution in [2.45, 2.75) is 25.7 Å². The van der Waals surface area contributed by atoms with Crippen molar-refractivity contribution in [2.24, 2.45) is 5.41 Å². The summed E-state index contributed by atoms with van der Waals surface area (Å²) in [6, 6.07) is 3.19. The number of carbonyl (C=O) groups excluding carboxylic acids is 2. The monoisotopic (exact) mass is 352 g/mol. The molecule has 1 aromatic rings. The van der Waals surface area contributed by atoms with E-state index in [2.05, 4.69) is 0 Å². The Balaban J connectivity index is 1.75. The van der Waals surface area contributed by atoms with Gasteiger partial charge in [-0.15, -0.1) is 0 Å². The van der Waals surface area contributed by atoms with Crippen molar-refractivity contribution in [3.05, 3.63) is 35.4 Å². The van der Waals surface area contributed by atoms with Crippen LogP contribution in [-0.4, -0.2) is 59.5 Å². The minimum Gasteiger partial charge on any atom is -0.395 e. The van der Waals surface area contributed by atoms with E-state index < -0.39 is 11.6 Å². The molecule has 0 radical (unpaired) electrons. The number of aliphatic hydroxyl groups excluding tert-OH is 1. The third-order valence-corrected chi connectivity index (χ3v) is 5.23. The molecule has 7 heteroatoms. The third-order valence-electron chi connectivity index (χ3n) is 5.23. The summed E-state index contributed by atoms with van der Waals surface area (Å²) in [5.41, 5.74) is -0.0506. The minimum atomic E-state index is -1.03. The standard InChI is InChI=1S/C18H22F2N2O3/c19-14-3-2-13(10-15(14)20)17(25)22-7-1-5-18(12-22)6-4-16(24)21(11-18)8-9-23/h2-3,10,23H,1,4-9,11-12H2/t18-/m0/s1. The Hall–Kier alpha value is -2.02. The fourth-order valence-corrected chi connectivity index (χ4v) is 3.95. The van der Waals surface area contributed by atoms with Crippen molar-refractivity contribution < 1.29 is 23.5 Å². The second-order valence-electron chi connectivity index (χ2n) is 7.00. The lowest BCUT2D eigenvalue weighted by Crippen LogP contribution is -2.55. The highest BCUT2D eigenvalue weighted by Crippen LogP contribution is 2.39. The van der Waals surface area contributed by atoms with Gasteiger partial charge in [-0.05, 0) is 37.5 Å². The number of nitrogens with zero attached hydrogens (tertiary/aromatic N) is 2. The van der Waals surface area contributed by atoms with Gasteiger partial charge < -0.3 is 14.9 Å². The number of rotatable bonds is 3. The Morgan fingerprint density at radius 1 is 1.20 bits per heavy atom. The van der Waals surface area contributed by atoms with E-state index >= 15 is 0 Å². The summed E-state index contributed by atoms with van der Waals surface area (Å²) < 4.78 is 26.5. The van der Waals surface area contributed by atoms with Crippen molar-refractivity contribution >= 4 is 11.8 Å². The molecule has 2 saturated heterocycles. The highest BCUT2D eigenvalue weighted by Gasteiger charge is 2.42. The van der Waals surface area contributed by atoms with Gasteiger partial charge in [0.05, 0.1) is 6.61 Å². The number of carbonyl (C=O) groups is 2. The van der Waals surface area contributed by atoms with Gasteiger partial charge in [-0.2, -0.15) is 0 Å². The number of benzene rings is 1. The van der Waals surface area contributed by atoms with Crippen LogP contribution in [0.2, 0.25) is 0 Å². The van der Waals surface area contributed by atoms with Gasteiger partial charge in [-0.3, -0.25) is 9.59 Å². The number of hydrogen-bond donors (Lipinski definition) is 1. The average Bonchev–Trinajstić information content (AvgIpc) is 2.60. The van der Waals surface area contributed by atoms with E-state index in [1.54, 1.807) is 9.80 Å². The van der Waals surface area contributed by atoms with Crippen molar-refractivity contribution in [3.63, 3.8) is 0 Å². The van der Waals surface area contributed by atoms with Gasteiger partial charge >= 0.3 is 0 Å². The van der Waals surface area contributed by atoms with Gasteiger partial charge in [-0.1, -0.05) is 0 Å². The molecule has 0 unspecified atom stereocenters. The number of amides is 2. The van der Waals surface area contributed by atoms with E-state index in [1.165, 1.54) is 6.07 Å². The Morgan fingerprint density at radius 3 is 2.72 bits per heavy atom. The Labute approximate surface area is 145 Å². The van der Waals surface area contributed by atoms with Crippen LogP contribution in [0.3, 0.4) is 0 Å². The first-order valence-electron chi connectivity index (χ1n) is 8.57. The predicted molar refractivity (Wildman–Crippen MR) is 86.8 cm³/mol. The van der Waals surface area contributed by atoms with Crippen molar-refractivity contribution in [1.29, 1.82) is 0 Å². The second-order valence-corrected chi connectivity index (χ2v) is 7.00. The van der Waals surface area contributed by atoms with Gasteiger partial charge in [0.2, 0.25) is 5.91 Å². The second kappa shape index (κ2) is 7.07. The summed E-state index contributed by atoms with van der Waals surface area (Å²) in [6.45, 7) is 1.79. The molecular weight excluding hydrogens is 330 g/mol. The molecule has 25 heavy (non-hydrogen) atoms. The molecule has 1 N–H and O–H groups in total. The van der Waals surface area contributed by atoms with E-state index in [0.29, 0.717) is 39.0 Å². The lowest BCUT2D eigenvalue weighted by molar-refractivity contribution is -0.139. The summed E-state index contributed by atoms with van der Waals surface area (Å²) >= 11 is 0. The Kier molecular flexibility index (Phi) is 5.03. The first kappa shape index (κ1) is 17.8. The Bertz CT molecular complexity index is 682. The molecule has 3 rings (SSSR count). The number of hydrogen-bond acceptors (Lipinski definition) is 3. The molecule has 0 aromatic heterocycles. The van der Waals surface area contributed by atoms with E-state index in [4.69, 9.17) is 5.11 Å². The molecule has 0 aliphatic carbocycles. The lowest BCUT2D eigenvalue weighted by Gasteiger charge is -2.48. The van der Waals surface area contributed by atoms with Crippen LogP contribution in [0.1, 0.15) is 36.0 Å². The highest BCUT2D eigenvalue weighted by molar-refractivity contribution is 5.94. The highest BCUT2D eigenvalue weighted by atomic mass is 19.2. The van der Waals surface area contributed by atoms with Crippen LogP contribution in [0.5, 0.6) is 0 Å². The summed E-state index contributed by atoms with van der Waals surface area (Å²) in [5, 5.41) is 9.14. The molecule has 1 spiro atoms. The van der Waals surface area contributed by atoms with Crippen molar-refractivity contribution in [3.8, 4) is 0 Å². The average molecular weight is 352 g/mol. The number of aliphatic hydroxyl groups is 1. The molecule has 1 atom stereocenters. The van der Waals surface area contributed by atoms with Crippen LogP contribution in [-0.2, 0) is 4.79 Å². The maximum atomic E-state index is 13.4. The van der Waals surface area contributed by atoms with Crippen molar-refractivity contribution in [2.75, 3.05) is 32.8 Å². The molecular formula is C18H22F2N2O3. The van der Waals surface area contributed by atoms with Gasteiger partial charge in [0, 0.05) is 43.6 Å². The SMILES string of the molecule is O=C1CC[C@@]2(CCCN(C(=O)c3ccc(F)c(F)c3)C2)CN1CCO. The molecule has 2 aliphatic rings. The molecule has 0 saturated carbocycles. The largest absolute Gasteiger partial charge is 0.395 e. The fourth-order valence-electron chi connectivity index (χ4n) is 3.95. The Morgan fingerprint density at radius 2 is 2.00 bits per heavy atom. The number of halogens is 2. The molecule has 0 bridgehead atoms. The smallest absolute Gasteiger partial charge is 0.253 e.